The van der Waals surface area contributed by atoms with Crippen LogP contribution in [0.5, 0.6) is 0 Å². The molecule has 0 bridgehead atoms. The Morgan fingerprint density at radius 3 is 2.39 bits per heavy atom. The third-order valence-electron chi connectivity index (χ3n) is 11.1. The van der Waals surface area contributed by atoms with Gasteiger partial charge in [-0.25, -0.2) is 0 Å². The summed E-state index contributed by atoms with van der Waals surface area (Å²) < 4.78 is 0. The molecule has 0 spiro atoms. The predicted octanol–water partition coefficient (Wildman–Crippen LogP) is 5.89. The first kappa shape index (κ1) is 23.4. The quantitative estimate of drug-likeness (QED) is 0.603. The molecule has 0 aliphatic heterocycles. The number of allylic oxidation sites excluding steroid dienone is 1. The van der Waals surface area contributed by atoms with Gasteiger partial charge < -0.3 is 5.11 Å². The maximum absolute atomic E-state index is 10.3. The molecule has 33 heavy (non-hydrogen) atoms. The zero-order valence-corrected chi connectivity index (χ0v) is 21.3. The van der Waals surface area contributed by atoms with Gasteiger partial charge >= 0.3 is 0 Å². The Kier molecular flexibility index (Phi) is 6.16. The molecular weight excluding hydrogens is 408 g/mol. The number of aromatic nitrogens is 4. The first-order chi connectivity index (χ1) is 15.7. The SMILES string of the molecule is C=C(C)c1nnc(CC[C@@H](C)[C@H]2CC[C@H]3[C@@H]4CC[C@@H]5C[C@H](O)CC[C@]5(C)[C@H]4CC[C@]23C)nn1. The van der Waals surface area contributed by atoms with E-state index in [1.807, 2.05) is 6.92 Å². The molecule has 4 aliphatic rings. The van der Waals surface area contributed by atoms with Gasteiger partial charge in [-0.1, -0.05) is 27.4 Å². The Morgan fingerprint density at radius 2 is 1.67 bits per heavy atom. The number of aryl methyl sites for hydroxylation is 1. The number of rotatable bonds is 5. The van der Waals surface area contributed by atoms with Crippen LogP contribution >= 0.6 is 0 Å². The van der Waals surface area contributed by atoms with Crippen molar-refractivity contribution in [2.45, 2.75) is 104 Å². The van der Waals surface area contributed by atoms with E-state index in [1.165, 1.54) is 44.9 Å². The van der Waals surface area contributed by atoms with E-state index in [0.29, 0.717) is 22.6 Å². The van der Waals surface area contributed by atoms with Crippen molar-refractivity contribution in [2.24, 2.45) is 46.3 Å². The molecule has 4 fully saturated rings. The van der Waals surface area contributed by atoms with Gasteiger partial charge in [0.05, 0.1) is 6.10 Å². The van der Waals surface area contributed by atoms with Crippen molar-refractivity contribution in [1.29, 1.82) is 0 Å². The second-order valence-corrected chi connectivity index (χ2v) is 12.7. The molecule has 0 unspecified atom stereocenters. The van der Waals surface area contributed by atoms with E-state index >= 15 is 0 Å². The number of aliphatic hydroxyl groups is 1. The maximum Gasteiger partial charge on any atom is 0.198 e. The normalized spacial score (nSPS) is 43.3. The number of hydrogen-bond donors (Lipinski definition) is 1. The van der Waals surface area contributed by atoms with Crippen molar-refractivity contribution in [3.8, 4) is 0 Å². The van der Waals surface area contributed by atoms with Gasteiger partial charge in [0.2, 0.25) is 0 Å². The van der Waals surface area contributed by atoms with Crippen LogP contribution in [-0.2, 0) is 6.42 Å². The van der Waals surface area contributed by atoms with Crippen LogP contribution in [0.25, 0.3) is 5.57 Å². The number of fused-ring (bicyclic) bond motifs is 5. The standard InChI is InChI=1S/C28H44N4O/c1-17(2)26-31-29-25(30-32-26)11-6-18(3)22-9-10-23-21-8-7-19-16-20(33)12-14-27(19,4)24(21)13-15-28(22,23)5/h18-24,33H,1,6-16H2,2-5H3/t18-,19-,20-,21+,22-,23+,24+,27+,28-/m1/s1. The number of nitrogens with zero attached hydrogens (tertiary/aromatic N) is 4. The van der Waals surface area contributed by atoms with Gasteiger partial charge in [0, 0.05) is 6.42 Å². The molecule has 5 rings (SSSR count). The number of aliphatic hydroxyl groups excluding tert-OH is 1. The van der Waals surface area contributed by atoms with Crippen molar-refractivity contribution < 1.29 is 5.11 Å². The van der Waals surface area contributed by atoms with E-state index in [9.17, 15) is 5.11 Å². The van der Waals surface area contributed by atoms with Crippen molar-refractivity contribution in [3.63, 3.8) is 0 Å². The summed E-state index contributed by atoms with van der Waals surface area (Å²) in [6, 6.07) is 0. The zero-order chi connectivity index (χ0) is 23.4. The van der Waals surface area contributed by atoms with Gasteiger partial charge in [0.1, 0.15) is 0 Å². The Bertz CT molecular complexity index is 871. The van der Waals surface area contributed by atoms with E-state index in [4.69, 9.17) is 0 Å². The van der Waals surface area contributed by atoms with Crippen molar-refractivity contribution >= 4 is 5.57 Å². The van der Waals surface area contributed by atoms with E-state index in [1.54, 1.807) is 0 Å². The summed E-state index contributed by atoms with van der Waals surface area (Å²) >= 11 is 0. The molecule has 1 N–H and O–H groups in total. The van der Waals surface area contributed by atoms with Crippen LogP contribution in [0, 0.1) is 46.3 Å². The molecule has 1 aromatic rings. The lowest BCUT2D eigenvalue weighted by Crippen LogP contribution is -2.54. The van der Waals surface area contributed by atoms with Crippen LogP contribution in [-0.4, -0.2) is 31.6 Å². The molecule has 182 valence electrons. The molecule has 0 radical (unpaired) electrons. The molecule has 0 saturated heterocycles. The third kappa shape index (κ3) is 3.96. The second kappa shape index (κ2) is 8.70. The predicted molar refractivity (Wildman–Crippen MR) is 131 cm³/mol. The molecular formula is C28H44N4O. The van der Waals surface area contributed by atoms with E-state index in [2.05, 4.69) is 47.7 Å². The van der Waals surface area contributed by atoms with Gasteiger partial charge in [0.15, 0.2) is 11.6 Å². The maximum atomic E-state index is 10.3. The lowest BCUT2D eigenvalue weighted by atomic mass is 9.44. The monoisotopic (exact) mass is 452 g/mol. The van der Waals surface area contributed by atoms with Gasteiger partial charge in [-0.2, -0.15) is 0 Å². The summed E-state index contributed by atoms with van der Waals surface area (Å²) in [6.45, 7) is 13.5. The Labute approximate surface area is 200 Å². The second-order valence-electron chi connectivity index (χ2n) is 12.7. The lowest BCUT2D eigenvalue weighted by Gasteiger charge is -2.61. The molecule has 0 aromatic carbocycles. The van der Waals surface area contributed by atoms with Gasteiger partial charge in [-0.15, -0.1) is 20.4 Å². The molecule has 5 nitrogen and oxygen atoms in total. The minimum absolute atomic E-state index is 0.0448. The fourth-order valence-electron chi connectivity index (χ4n) is 9.29. The number of hydrogen-bond acceptors (Lipinski definition) is 5. The summed E-state index contributed by atoms with van der Waals surface area (Å²) in [7, 11) is 0. The average Bonchev–Trinajstić information content (AvgIpc) is 3.15. The minimum atomic E-state index is -0.0448. The zero-order valence-electron chi connectivity index (χ0n) is 21.3. The summed E-state index contributed by atoms with van der Waals surface area (Å²) in [6.07, 6.45) is 13.6. The molecule has 1 aromatic heterocycles. The van der Waals surface area contributed by atoms with Crippen LogP contribution in [0.1, 0.15) is 104 Å². The van der Waals surface area contributed by atoms with E-state index < -0.39 is 0 Å². The van der Waals surface area contributed by atoms with Crippen LogP contribution in [0.3, 0.4) is 0 Å². The highest BCUT2D eigenvalue weighted by Crippen LogP contribution is 2.68. The van der Waals surface area contributed by atoms with Gasteiger partial charge in [0.25, 0.3) is 0 Å². The van der Waals surface area contributed by atoms with E-state index in [0.717, 1.165) is 66.7 Å². The highest BCUT2D eigenvalue weighted by atomic mass is 16.3. The Balaban J connectivity index is 1.25. The average molecular weight is 453 g/mol. The lowest BCUT2D eigenvalue weighted by molar-refractivity contribution is -0.129. The highest BCUT2D eigenvalue weighted by Gasteiger charge is 2.60. The van der Waals surface area contributed by atoms with Crippen molar-refractivity contribution in [3.05, 3.63) is 18.2 Å². The van der Waals surface area contributed by atoms with Crippen LogP contribution in [0.2, 0.25) is 0 Å². The summed E-state index contributed by atoms with van der Waals surface area (Å²) in [4.78, 5) is 0. The molecule has 4 saturated carbocycles. The third-order valence-corrected chi connectivity index (χ3v) is 11.1. The molecule has 9 atom stereocenters. The smallest absolute Gasteiger partial charge is 0.198 e. The molecule has 0 amide bonds. The topological polar surface area (TPSA) is 71.8 Å². The van der Waals surface area contributed by atoms with Crippen LogP contribution in [0.4, 0.5) is 0 Å². The first-order valence-corrected chi connectivity index (χ1v) is 13.6. The fraction of sp³-hybridized carbons (Fsp3) is 0.857. The molecule has 4 aliphatic carbocycles. The largest absolute Gasteiger partial charge is 0.393 e. The Hall–Kier alpha value is -1.36. The minimum Gasteiger partial charge on any atom is -0.393 e. The molecule has 5 heteroatoms. The fourth-order valence-corrected chi connectivity index (χ4v) is 9.29. The van der Waals surface area contributed by atoms with Crippen molar-refractivity contribution in [1.82, 2.24) is 20.4 Å². The Morgan fingerprint density at radius 1 is 0.970 bits per heavy atom. The summed E-state index contributed by atoms with van der Waals surface area (Å²) in [5.74, 6) is 6.23. The highest BCUT2D eigenvalue weighted by molar-refractivity contribution is 5.52. The van der Waals surface area contributed by atoms with Gasteiger partial charge in [-0.3, -0.25) is 0 Å². The van der Waals surface area contributed by atoms with Crippen LogP contribution in [0.15, 0.2) is 6.58 Å². The summed E-state index contributed by atoms with van der Waals surface area (Å²) in [5.41, 5.74) is 1.77. The summed E-state index contributed by atoms with van der Waals surface area (Å²) in [5, 5.41) is 27.3. The van der Waals surface area contributed by atoms with Crippen LogP contribution < -0.4 is 0 Å². The van der Waals surface area contributed by atoms with Crippen molar-refractivity contribution in [2.75, 3.05) is 0 Å². The van der Waals surface area contributed by atoms with E-state index in [-0.39, 0.29) is 6.10 Å². The first-order valence-electron chi connectivity index (χ1n) is 13.6. The molecule has 1 heterocycles. The van der Waals surface area contributed by atoms with Gasteiger partial charge in [-0.05, 0) is 123 Å².